The highest BCUT2D eigenvalue weighted by Gasteiger charge is 2.36. The second-order valence-corrected chi connectivity index (χ2v) is 6.49. The van der Waals surface area contributed by atoms with E-state index in [4.69, 9.17) is 11.6 Å². The molecule has 5 heteroatoms. The van der Waals surface area contributed by atoms with Crippen molar-refractivity contribution in [2.24, 2.45) is 4.99 Å². The van der Waals surface area contributed by atoms with Crippen LogP contribution in [-0.4, -0.2) is 29.4 Å². The average Bonchev–Trinajstić information content (AvgIpc) is 2.64. The highest BCUT2D eigenvalue weighted by Crippen LogP contribution is 2.31. The monoisotopic (exact) mass is 367 g/mol. The van der Waals surface area contributed by atoms with E-state index in [-0.39, 0.29) is 22.6 Å². The van der Waals surface area contributed by atoms with Crippen molar-refractivity contribution in [1.29, 1.82) is 0 Å². The largest absolute Gasteiger partial charge is 0.504 e. The first kappa shape index (κ1) is 18.1. The zero-order valence-electron chi connectivity index (χ0n) is 14.5. The van der Waals surface area contributed by atoms with Gasteiger partial charge in [0.25, 0.3) is 0 Å². The molecule has 0 atom stereocenters. The van der Waals surface area contributed by atoms with Crippen LogP contribution in [0, 0.1) is 0 Å². The lowest BCUT2D eigenvalue weighted by molar-refractivity contribution is 0.0933. The number of carbonyl (C=O) groups excluding carboxylic acids is 2. The summed E-state index contributed by atoms with van der Waals surface area (Å²) in [5.74, 6) is -1.49. The quantitative estimate of drug-likeness (QED) is 0.803. The first-order valence-electron chi connectivity index (χ1n) is 8.37. The number of halogens is 1. The van der Waals surface area contributed by atoms with Crippen molar-refractivity contribution >= 4 is 28.9 Å². The molecule has 1 aliphatic rings. The molecule has 0 aromatic heterocycles. The van der Waals surface area contributed by atoms with E-state index < -0.39 is 11.5 Å². The third kappa shape index (κ3) is 2.97. The Hall–Kier alpha value is -2.72. The summed E-state index contributed by atoms with van der Waals surface area (Å²) in [6, 6.07) is 11.9. The Balaban J connectivity index is 2.19. The number of aliphatic hydroxyl groups is 1. The van der Waals surface area contributed by atoms with E-state index in [1.54, 1.807) is 36.4 Å². The van der Waals surface area contributed by atoms with Gasteiger partial charge in [0, 0.05) is 28.8 Å². The number of hydrogen-bond acceptors (Lipinski definition) is 4. The van der Waals surface area contributed by atoms with E-state index in [0.29, 0.717) is 22.6 Å². The van der Waals surface area contributed by atoms with Crippen LogP contribution in [0.25, 0.3) is 0 Å². The first-order valence-corrected chi connectivity index (χ1v) is 8.75. The first-order chi connectivity index (χ1) is 12.5. The number of nitrogens with zero attached hydrogens (tertiary/aromatic N) is 1. The van der Waals surface area contributed by atoms with Gasteiger partial charge < -0.3 is 5.11 Å². The number of aryl methyl sites for hydroxylation is 1. The highest BCUT2D eigenvalue weighted by atomic mass is 35.5. The molecule has 0 bridgehead atoms. The number of allylic oxidation sites excluding steroid dienone is 2. The molecule has 0 radical (unpaired) electrons. The number of fused-ring (bicyclic) bond motifs is 1. The van der Waals surface area contributed by atoms with E-state index in [1.165, 1.54) is 7.05 Å². The Kier molecular flexibility index (Phi) is 5.05. The van der Waals surface area contributed by atoms with Gasteiger partial charge in [-0.2, -0.15) is 0 Å². The minimum absolute atomic E-state index is 0.0594. The maximum atomic E-state index is 13.2. The third-order valence-electron chi connectivity index (χ3n) is 4.40. The van der Waals surface area contributed by atoms with Gasteiger partial charge in [0.15, 0.2) is 11.5 Å². The molecule has 2 aromatic rings. The predicted molar refractivity (Wildman–Crippen MR) is 103 cm³/mol. The molecular weight excluding hydrogens is 350 g/mol. The molecule has 0 aliphatic heterocycles. The van der Waals surface area contributed by atoms with Gasteiger partial charge >= 0.3 is 0 Å². The molecule has 0 unspecified atom stereocenters. The van der Waals surface area contributed by atoms with Crippen molar-refractivity contribution in [3.8, 4) is 0 Å². The van der Waals surface area contributed by atoms with E-state index >= 15 is 0 Å². The van der Waals surface area contributed by atoms with Crippen LogP contribution in [0.1, 0.15) is 45.2 Å². The van der Waals surface area contributed by atoms with Crippen LogP contribution in [0.2, 0.25) is 5.02 Å². The lowest BCUT2D eigenvalue weighted by Gasteiger charge is -2.21. The summed E-state index contributed by atoms with van der Waals surface area (Å²) in [6.07, 6.45) is 1.52. The molecule has 3 rings (SSSR count). The van der Waals surface area contributed by atoms with E-state index in [0.717, 1.165) is 12.0 Å². The van der Waals surface area contributed by atoms with Crippen molar-refractivity contribution in [3.05, 3.63) is 81.1 Å². The zero-order chi connectivity index (χ0) is 18.8. The lowest BCUT2D eigenvalue weighted by Crippen LogP contribution is -2.28. The molecular formula is C21H18ClNO3. The topological polar surface area (TPSA) is 66.7 Å². The van der Waals surface area contributed by atoms with Gasteiger partial charge in [0.05, 0.1) is 11.3 Å². The second kappa shape index (κ2) is 7.26. The second-order valence-electron chi connectivity index (χ2n) is 6.05. The number of aliphatic imine (C=N–C) groups is 1. The summed E-state index contributed by atoms with van der Waals surface area (Å²) in [4.78, 5) is 30.1. The van der Waals surface area contributed by atoms with Crippen LogP contribution >= 0.6 is 11.6 Å². The Morgan fingerprint density at radius 2 is 1.77 bits per heavy atom. The van der Waals surface area contributed by atoms with Crippen LogP contribution in [-0.2, 0) is 6.42 Å². The minimum Gasteiger partial charge on any atom is -0.504 e. The van der Waals surface area contributed by atoms with Gasteiger partial charge in [-0.1, -0.05) is 55.3 Å². The van der Waals surface area contributed by atoms with Crippen molar-refractivity contribution < 1.29 is 14.7 Å². The van der Waals surface area contributed by atoms with E-state index in [2.05, 4.69) is 4.99 Å². The van der Waals surface area contributed by atoms with Gasteiger partial charge in [-0.3, -0.25) is 14.6 Å². The average molecular weight is 368 g/mol. The molecule has 26 heavy (non-hydrogen) atoms. The molecule has 0 saturated carbocycles. The maximum Gasteiger partial charge on any atom is 0.228 e. The molecule has 0 amide bonds. The summed E-state index contributed by atoms with van der Waals surface area (Å²) < 4.78 is 0. The molecule has 0 spiro atoms. The normalized spacial score (nSPS) is 14.7. The van der Waals surface area contributed by atoms with E-state index in [1.807, 2.05) is 13.0 Å². The molecule has 1 aliphatic carbocycles. The molecule has 0 fully saturated rings. The standard InChI is InChI=1S/C21H18ClNO3/c1-3-5-12-6-4-7-15-16(12)20(25)17(21(26)19(15)24)18(23-2)13-8-10-14(22)11-9-13/h4,6-11,26H,3,5H2,1-2H3. The fourth-order valence-electron chi connectivity index (χ4n) is 3.22. The smallest absolute Gasteiger partial charge is 0.228 e. The SMILES string of the molecule is CCCc1cccc2c1C(=O)C(C(=NC)c1ccc(Cl)cc1)=C(O)C2=O. The van der Waals surface area contributed by atoms with Gasteiger partial charge in [-0.15, -0.1) is 0 Å². The molecule has 4 nitrogen and oxygen atoms in total. The van der Waals surface area contributed by atoms with Crippen LogP contribution < -0.4 is 0 Å². The van der Waals surface area contributed by atoms with Crippen LogP contribution in [0.4, 0.5) is 0 Å². The van der Waals surface area contributed by atoms with Crippen molar-refractivity contribution in [2.45, 2.75) is 19.8 Å². The number of hydrogen-bond donors (Lipinski definition) is 1. The third-order valence-corrected chi connectivity index (χ3v) is 4.65. The molecule has 0 heterocycles. The zero-order valence-corrected chi connectivity index (χ0v) is 15.3. The maximum absolute atomic E-state index is 13.2. The minimum atomic E-state index is -0.563. The van der Waals surface area contributed by atoms with Gasteiger partial charge in [0.2, 0.25) is 5.78 Å². The van der Waals surface area contributed by atoms with Crippen molar-refractivity contribution in [3.63, 3.8) is 0 Å². The van der Waals surface area contributed by atoms with Crippen molar-refractivity contribution in [2.75, 3.05) is 7.05 Å². The van der Waals surface area contributed by atoms with Crippen LogP contribution in [0.5, 0.6) is 0 Å². The van der Waals surface area contributed by atoms with Gasteiger partial charge in [-0.05, 0) is 24.1 Å². The summed E-state index contributed by atoms with van der Waals surface area (Å²) in [5, 5.41) is 11.0. The molecule has 132 valence electrons. The van der Waals surface area contributed by atoms with Crippen LogP contribution in [0.3, 0.4) is 0 Å². The van der Waals surface area contributed by atoms with Gasteiger partial charge in [-0.25, -0.2) is 0 Å². The summed E-state index contributed by atoms with van der Waals surface area (Å²) in [7, 11) is 1.52. The van der Waals surface area contributed by atoms with E-state index in [9.17, 15) is 14.7 Å². The van der Waals surface area contributed by atoms with Crippen LogP contribution in [0.15, 0.2) is 58.8 Å². The Morgan fingerprint density at radius 3 is 2.38 bits per heavy atom. The Bertz CT molecular complexity index is 956. The number of Topliss-reactive ketones (excluding diaryl/α,β-unsaturated/α-hetero) is 2. The van der Waals surface area contributed by atoms with Gasteiger partial charge in [0.1, 0.15) is 0 Å². The molecule has 2 aromatic carbocycles. The summed E-state index contributed by atoms with van der Waals surface area (Å²) >= 11 is 5.93. The van der Waals surface area contributed by atoms with Crippen molar-refractivity contribution in [1.82, 2.24) is 0 Å². The fourth-order valence-corrected chi connectivity index (χ4v) is 3.35. The number of ketones is 2. The number of carbonyl (C=O) groups is 2. The summed E-state index contributed by atoms with van der Waals surface area (Å²) in [6.45, 7) is 2.01. The predicted octanol–water partition coefficient (Wildman–Crippen LogP) is 4.60. The number of aliphatic hydroxyl groups excluding tert-OH is 1. The summed E-state index contributed by atoms with van der Waals surface area (Å²) in [5.41, 5.74) is 2.23. The Labute approximate surface area is 156 Å². The number of rotatable bonds is 4. The lowest BCUT2D eigenvalue weighted by atomic mass is 9.81. The Morgan fingerprint density at radius 1 is 1.08 bits per heavy atom. The fraction of sp³-hybridized carbons (Fsp3) is 0.190. The molecule has 1 N–H and O–H groups in total. The highest BCUT2D eigenvalue weighted by molar-refractivity contribution is 6.40. The molecule has 0 saturated heterocycles. The number of benzene rings is 2.